The molecule has 1 aromatic carbocycles. The Balaban J connectivity index is 2.56. The van der Waals surface area contributed by atoms with Gasteiger partial charge < -0.3 is 15.5 Å². The molecular weight excluding hydrogens is 294 g/mol. The normalized spacial score (nSPS) is 10.3. The quantitative estimate of drug-likeness (QED) is 0.810. The van der Waals surface area contributed by atoms with E-state index in [0.717, 1.165) is 6.42 Å². The average Bonchev–Trinajstić information content (AvgIpc) is 2.44. The number of nitrogens with one attached hydrogen (secondary N) is 2. The Kier molecular flexibility index (Phi) is 7.25. The van der Waals surface area contributed by atoms with Crippen molar-refractivity contribution >= 4 is 29.1 Å². The van der Waals surface area contributed by atoms with Gasteiger partial charge in [-0.15, -0.1) is 0 Å². The number of anilines is 2. The van der Waals surface area contributed by atoms with E-state index in [2.05, 4.69) is 24.5 Å². The summed E-state index contributed by atoms with van der Waals surface area (Å²) >= 11 is 0. The molecule has 6 nitrogen and oxygen atoms in total. The molecule has 2 N–H and O–H groups in total. The van der Waals surface area contributed by atoms with Crippen molar-refractivity contribution in [3.05, 3.63) is 24.3 Å². The van der Waals surface area contributed by atoms with Gasteiger partial charge in [-0.25, -0.2) is 0 Å². The maximum atomic E-state index is 12.1. The highest BCUT2D eigenvalue weighted by Gasteiger charge is 2.14. The molecule has 126 valence electrons. The van der Waals surface area contributed by atoms with Crippen LogP contribution in [0, 0.1) is 5.92 Å². The first kappa shape index (κ1) is 18.7. The number of rotatable bonds is 7. The highest BCUT2D eigenvalue weighted by molar-refractivity contribution is 5.95. The molecule has 0 aliphatic carbocycles. The van der Waals surface area contributed by atoms with E-state index in [1.807, 2.05) is 0 Å². The predicted octanol–water partition coefficient (Wildman–Crippen LogP) is 2.48. The molecule has 6 heteroatoms. The molecule has 0 radical (unpaired) electrons. The predicted molar refractivity (Wildman–Crippen MR) is 91.1 cm³/mol. The van der Waals surface area contributed by atoms with Crippen molar-refractivity contribution in [2.24, 2.45) is 5.92 Å². The lowest BCUT2D eigenvalue weighted by Gasteiger charge is -2.21. The Morgan fingerprint density at radius 2 is 1.52 bits per heavy atom. The van der Waals surface area contributed by atoms with Crippen molar-refractivity contribution in [2.75, 3.05) is 23.7 Å². The summed E-state index contributed by atoms with van der Waals surface area (Å²) in [5.74, 6) is -0.0247. The molecule has 0 saturated carbocycles. The average molecular weight is 319 g/mol. The molecule has 23 heavy (non-hydrogen) atoms. The van der Waals surface area contributed by atoms with E-state index >= 15 is 0 Å². The number of hydrogen-bond donors (Lipinski definition) is 2. The second kappa shape index (κ2) is 8.92. The van der Waals surface area contributed by atoms with Crippen LogP contribution in [0.1, 0.15) is 34.1 Å². The highest BCUT2D eigenvalue weighted by atomic mass is 16.2. The fourth-order valence-electron chi connectivity index (χ4n) is 1.98. The minimum Gasteiger partial charge on any atom is -0.334 e. The molecule has 0 bridgehead atoms. The van der Waals surface area contributed by atoms with E-state index in [1.54, 1.807) is 29.2 Å². The molecule has 3 amide bonds. The van der Waals surface area contributed by atoms with E-state index in [-0.39, 0.29) is 24.3 Å². The molecule has 0 aliphatic rings. The minimum absolute atomic E-state index is 0.0372. The summed E-state index contributed by atoms with van der Waals surface area (Å²) in [5.41, 5.74) is 1.29. The number of nitrogens with zero attached hydrogens (tertiary/aromatic N) is 1. The second-order valence-electron chi connectivity index (χ2n) is 5.93. The lowest BCUT2D eigenvalue weighted by Crippen LogP contribution is -2.37. The Morgan fingerprint density at radius 1 is 1.00 bits per heavy atom. The fourth-order valence-corrected chi connectivity index (χ4v) is 1.98. The molecular formula is C17H25N3O3. The number of carbonyl (C=O) groups excluding carboxylic acids is 3. The molecule has 0 fully saturated rings. The van der Waals surface area contributed by atoms with Crippen LogP contribution in [0.2, 0.25) is 0 Å². The third-order valence-corrected chi connectivity index (χ3v) is 3.25. The smallest absolute Gasteiger partial charge is 0.243 e. The van der Waals surface area contributed by atoms with Crippen molar-refractivity contribution < 1.29 is 14.4 Å². The van der Waals surface area contributed by atoms with Gasteiger partial charge in [0.1, 0.15) is 0 Å². The molecule has 1 aromatic rings. The van der Waals surface area contributed by atoms with Crippen LogP contribution in [0.15, 0.2) is 24.3 Å². The van der Waals surface area contributed by atoms with E-state index in [1.165, 1.54) is 13.8 Å². The second-order valence-corrected chi connectivity index (χ2v) is 5.93. The van der Waals surface area contributed by atoms with Gasteiger partial charge in [0.15, 0.2) is 0 Å². The SMILES string of the molecule is CC(=O)Nc1ccc(NC(=O)CN(CCC(C)C)C(C)=O)cc1. The first-order valence-electron chi connectivity index (χ1n) is 7.71. The third-order valence-electron chi connectivity index (χ3n) is 3.25. The van der Waals surface area contributed by atoms with Crippen LogP contribution in [0.5, 0.6) is 0 Å². The van der Waals surface area contributed by atoms with Gasteiger partial charge in [0.05, 0.1) is 6.54 Å². The monoisotopic (exact) mass is 319 g/mol. The fraction of sp³-hybridized carbons (Fsp3) is 0.471. The van der Waals surface area contributed by atoms with Crippen molar-refractivity contribution in [3.63, 3.8) is 0 Å². The maximum Gasteiger partial charge on any atom is 0.243 e. The van der Waals surface area contributed by atoms with Crippen LogP contribution < -0.4 is 10.6 Å². The van der Waals surface area contributed by atoms with Crippen LogP contribution >= 0.6 is 0 Å². The van der Waals surface area contributed by atoms with E-state index in [0.29, 0.717) is 23.8 Å². The molecule has 0 spiro atoms. The zero-order valence-electron chi connectivity index (χ0n) is 14.2. The van der Waals surface area contributed by atoms with Gasteiger partial charge in [-0.1, -0.05) is 13.8 Å². The summed E-state index contributed by atoms with van der Waals surface area (Å²) in [4.78, 5) is 36.2. The Morgan fingerprint density at radius 3 is 1.96 bits per heavy atom. The summed E-state index contributed by atoms with van der Waals surface area (Å²) < 4.78 is 0. The van der Waals surface area contributed by atoms with Crippen molar-refractivity contribution in [1.82, 2.24) is 4.90 Å². The van der Waals surface area contributed by atoms with E-state index in [4.69, 9.17) is 0 Å². The standard InChI is InChI=1S/C17H25N3O3/c1-12(2)9-10-20(14(4)22)11-17(23)19-16-7-5-15(6-8-16)18-13(3)21/h5-8,12H,9-11H2,1-4H3,(H,18,21)(H,19,23). The highest BCUT2D eigenvalue weighted by Crippen LogP contribution is 2.13. The molecule has 0 heterocycles. The van der Waals surface area contributed by atoms with Gasteiger partial charge in [-0.05, 0) is 36.6 Å². The maximum absolute atomic E-state index is 12.1. The summed E-state index contributed by atoms with van der Waals surface area (Å²) in [5, 5.41) is 5.41. The van der Waals surface area contributed by atoms with Crippen LogP contribution in [-0.2, 0) is 14.4 Å². The lowest BCUT2D eigenvalue weighted by atomic mass is 10.1. The molecule has 1 rings (SSSR count). The molecule has 0 aliphatic heterocycles. The number of benzene rings is 1. The van der Waals surface area contributed by atoms with Crippen LogP contribution in [0.4, 0.5) is 11.4 Å². The minimum atomic E-state index is -0.240. The molecule has 0 aromatic heterocycles. The van der Waals surface area contributed by atoms with Gasteiger partial charge >= 0.3 is 0 Å². The summed E-state index contributed by atoms with van der Waals surface area (Å²) in [6.07, 6.45) is 0.859. The Hall–Kier alpha value is -2.37. The van der Waals surface area contributed by atoms with Crippen LogP contribution in [-0.4, -0.2) is 35.7 Å². The lowest BCUT2D eigenvalue weighted by molar-refractivity contribution is -0.132. The molecule has 0 saturated heterocycles. The first-order chi connectivity index (χ1) is 10.8. The van der Waals surface area contributed by atoms with Crippen molar-refractivity contribution in [2.45, 2.75) is 34.1 Å². The van der Waals surface area contributed by atoms with Gasteiger partial charge in [-0.3, -0.25) is 14.4 Å². The molecule has 0 atom stereocenters. The summed E-state index contributed by atoms with van der Waals surface area (Å²) in [6.45, 7) is 7.67. The summed E-state index contributed by atoms with van der Waals surface area (Å²) in [6, 6.07) is 6.82. The number of amides is 3. The summed E-state index contributed by atoms with van der Waals surface area (Å²) in [7, 11) is 0. The number of carbonyl (C=O) groups is 3. The van der Waals surface area contributed by atoms with Gasteiger partial charge in [0, 0.05) is 31.8 Å². The van der Waals surface area contributed by atoms with Crippen LogP contribution in [0.25, 0.3) is 0 Å². The van der Waals surface area contributed by atoms with Crippen molar-refractivity contribution in [3.8, 4) is 0 Å². The van der Waals surface area contributed by atoms with E-state index in [9.17, 15) is 14.4 Å². The number of hydrogen-bond acceptors (Lipinski definition) is 3. The van der Waals surface area contributed by atoms with Crippen LogP contribution in [0.3, 0.4) is 0 Å². The zero-order chi connectivity index (χ0) is 17.4. The van der Waals surface area contributed by atoms with Gasteiger partial charge in [-0.2, -0.15) is 0 Å². The van der Waals surface area contributed by atoms with Gasteiger partial charge in [0.2, 0.25) is 17.7 Å². The topological polar surface area (TPSA) is 78.5 Å². The van der Waals surface area contributed by atoms with E-state index < -0.39 is 0 Å². The third kappa shape index (κ3) is 7.44. The zero-order valence-corrected chi connectivity index (χ0v) is 14.2. The first-order valence-corrected chi connectivity index (χ1v) is 7.71. The van der Waals surface area contributed by atoms with Gasteiger partial charge in [0.25, 0.3) is 0 Å². The Bertz CT molecular complexity index is 553. The Labute approximate surface area is 137 Å². The largest absolute Gasteiger partial charge is 0.334 e. The van der Waals surface area contributed by atoms with Crippen molar-refractivity contribution in [1.29, 1.82) is 0 Å². The molecule has 0 unspecified atom stereocenters.